The van der Waals surface area contributed by atoms with Gasteiger partial charge in [-0.05, 0) is 6.92 Å². The highest BCUT2D eigenvalue weighted by atomic mass is 32.1. The molecule has 1 fully saturated rings. The van der Waals surface area contributed by atoms with Gasteiger partial charge in [0.15, 0.2) is 11.1 Å². The number of amides is 1. The molecule has 1 aromatic heterocycles. The number of carboxylic acid groups (broad SMARTS) is 1. The molecule has 1 aliphatic heterocycles. The highest BCUT2D eigenvalue weighted by molar-refractivity contribution is 7.17. The smallest absolute Gasteiger partial charge is 0.329 e. The summed E-state index contributed by atoms with van der Waals surface area (Å²) in [5, 5.41) is 18.7. The van der Waals surface area contributed by atoms with Crippen LogP contribution in [-0.2, 0) is 14.3 Å². The molecule has 0 spiro atoms. The number of carbonyl (C=O) groups is 2. The number of nitrogens with two attached hydrogens (primary N) is 1. The SMILES string of the molecule is Cc1nc(NC(=N)N)sc1C(=O)N1CCOC(COCC(=O)O)C1. The van der Waals surface area contributed by atoms with Crippen LogP contribution in [0, 0.1) is 12.3 Å². The summed E-state index contributed by atoms with van der Waals surface area (Å²) in [6.07, 6.45) is -0.370. The monoisotopic (exact) mass is 357 g/mol. The van der Waals surface area contributed by atoms with Gasteiger partial charge in [-0.25, -0.2) is 9.78 Å². The van der Waals surface area contributed by atoms with Gasteiger partial charge in [-0.1, -0.05) is 11.3 Å². The van der Waals surface area contributed by atoms with Gasteiger partial charge in [-0.2, -0.15) is 0 Å². The summed E-state index contributed by atoms with van der Waals surface area (Å²) in [6.45, 7) is 2.51. The summed E-state index contributed by atoms with van der Waals surface area (Å²) >= 11 is 1.13. The van der Waals surface area contributed by atoms with E-state index in [-0.39, 0.29) is 24.6 Å². The van der Waals surface area contributed by atoms with Crippen LogP contribution < -0.4 is 11.1 Å². The van der Waals surface area contributed by atoms with E-state index in [0.29, 0.717) is 35.4 Å². The van der Waals surface area contributed by atoms with Crippen molar-refractivity contribution < 1.29 is 24.2 Å². The number of guanidine groups is 1. The zero-order valence-corrected chi connectivity index (χ0v) is 13.9. The normalized spacial score (nSPS) is 17.5. The standard InChI is InChI=1S/C13H19N5O5S/c1-7-10(24-13(16-7)17-12(14)15)11(21)18-2-3-23-8(4-18)5-22-6-9(19)20/h8H,2-6H2,1H3,(H,19,20)(H4,14,15,16,17). The summed E-state index contributed by atoms with van der Waals surface area (Å²) in [5.74, 6) is -1.48. The zero-order chi connectivity index (χ0) is 17.7. The Balaban J connectivity index is 1.97. The molecule has 1 unspecified atom stereocenters. The van der Waals surface area contributed by atoms with Gasteiger partial charge < -0.3 is 30.5 Å². The van der Waals surface area contributed by atoms with Crippen molar-refractivity contribution >= 4 is 34.3 Å². The Kier molecular flexibility index (Phi) is 6.06. The molecule has 5 N–H and O–H groups in total. The van der Waals surface area contributed by atoms with Crippen molar-refractivity contribution in [2.75, 3.05) is 38.2 Å². The number of carboxylic acids is 1. The lowest BCUT2D eigenvalue weighted by Crippen LogP contribution is -2.47. The molecule has 10 nitrogen and oxygen atoms in total. The Morgan fingerprint density at radius 1 is 1.62 bits per heavy atom. The highest BCUT2D eigenvalue weighted by Crippen LogP contribution is 2.24. The number of thiazole rings is 1. The summed E-state index contributed by atoms with van der Waals surface area (Å²) in [7, 11) is 0. The number of hydrogen-bond donors (Lipinski definition) is 4. The number of hydrogen-bond acceptors (Lipinski definition) is 7. The largest absolute Gasteiger partial charge is 0.480 e. The number of aromatic nitrogens is 1. The number of ether oxygens (including phenoxy) is 2. The second-order valence-electron chi connectivity index (χ2n) is 5.13. The second-order valence-corrected chi connectivity index (χ2v) is 6.12. The molecule has 11 heteroatoms. The summed E-state index contributed by atoms with van der Waals surface area (Å²) in [4.78, 5) is 29.3. The number of nitrogens with zero attached hydrogens (tertiary/aromatic N) is 2. The Bertz CT molecular complexity index is 634. The molecule has 132 valence electrons. The quantitative estimate of drug-likeness (QED) is 0.400. The average Bonchev–Trinajstić information content (AvgIpc) is 2.86. The van der Waals surface area contributed by atoms with E-state index in [4.69, 9.17) is 25.7 Å². The lowest BCUT2D eigenvalue weighted by atomic mass is 10.2. The fourth-order valence-corrected chi connectivity index (χ4v) is 3.14. The fourth-order valence-electron chi connectivity index (χ4n) is 2.19. The van der Waals surface area contributed by atoms with Crippen LogP contribution in [0.2, 0.25) is 0 Å². The number of morpholine rings is 1. The first-order chi connectivity index (χ1) is 11.4. The molecule has 1 atom stereocenters. The van der Waals surface area contributed by atoms with Crippen LogP contribution in [0.3, 0.4) is 0 Å². The van der Waals surface area contributed by atoms with Gasteiger partial charge in [0.05, 0.1) is 25.0 Å². The van der Waals surface area contributed by atoms with Gasteiger partial charge in [0, 0.05) is 13.1 Å². The van der Waals surface area contributed by atoms with E-state index < -0.39 is 12.6 Å². The predicted molar refractivity (Wildman–Crippen MR) is 86.5 cm³/mol. The predicted octanol–water partition coefficient (Wildman–Crippen LogP) is -0.301. The molecule has 1 aliphatic rings. The van der Waals surface area contributed by atoms with Gasteiger partial charge >= 0.3 is 5.97 Å². The molecule has 0 radical (unpaired) electrons. The number of rotatable bonds is 6. The first-order valence-corrected chi connectivity index (χ1v) is 7.97. The maximum Gasteiger partial charge on any atom is 0.329 e. The van der Waals surface area contributed by atoms with E-state index >= 15 is 0 Å². The van der Waals surface area contributed by atoms with Gasteiger partial charge in [0.25, 0.3) is 5.91 Å². The molecular formula is C13H19N5O5S. The molecular weight excluding hydrogens is 338 g/mol. The lowest BCUT2D eigenvalue weighted by molar-refractivity contribution is -0.144. The van der Waals surface area contributed by atoms with Gasteiger partial charge in [-0.3, -0.25) is 10.2 Å². The lowest BCUT2D eigenvalue weighted by Gasteiger charge is -2.32. The van der Waals surface area contributed by atoms with Crippen LogP contribution in [0.4, 0.5) is 5.13 Å². The minimum atomic E-state index is -1.05. The van der Waals surface area contributed by atoms with E-state index in [2.05, 4.69) is 10.3 Å². The van der Waals surface area contributed by atoms with Crippen LogP contribution >= 0.6 is 11.3 Å². The Morgan fingerprint density at radius 3 is 3.04 bits per heavy atom. The number of nitrogens with one attached hydrogen (secondary N) is 2. The average molecular weight is 357 g/mol. The van der Waals surface area contributed by atoms with Crippen molar-refractivity contribution in [3.05, 3.63) is 10.6 Å². The van der Waals surface area contributed by atoms with Gasteiger partial charge in [0.1, 0.15) is 11.5 Å². The Hall–Kier alpha value is -2.24. The maximum atomic E-state index is 12.6. The first kappa shape index (κ1) is 18.1. The number of aryl methyl sites for hydroxylation is 1. The minimum absolute atomic E-state index is 0.106. The van der Waals surface area contributed by atoms with Crippen LogP contribution in [-0.4, -0.2) is 71.8 Å². The molecule has 0 saturated carbocycles. The third-order valence-electron chi connectivity index (χ3n) is 3.19. The molecule has 0 bridgehead atoms. The fraction of sp³-hybridized carbons (Fsp3) is 0.538. The van der Waals surface area contributed by atoms with Crippen molar-refractivity contribution in [2.24, 2.45) is 5.73 Å². The number of carbonyl (C=O) groups excluding carboxylic acids is 1. The highest BCUT2D eigenvalue weighted by Gasteiger charge is 2.28. The first-order valence-electron chi connectivity index (χ1n) is 7.15. The number of anilines is 1. The molecule has 0 aliphatic carbocycles. The summed E-state index contributed by atoms with van der Waals surface area (Å²) in [5.41, 5.74) is 5.81. The van der Waals surface area contributed by atoms with Gasteiger partial charge in [-0.15, -0.1) is 0 Å². The zero-order valence-electron chi connectivity index (χ0n) is 13.1. The van der Waals surface area contributed by atoms with E-state index in [1.807, 2.05) is 0 Å². The molecule has 0 aromatic carbocycles. The van der Waals surface area contributed by atoms with Crippen molar-refractivity contribution in [3.8, 4) is 0 Å². The Labute approximate surface area is 142 Å². The summed E-state index contributed by atoms with van der Waals surface area (Å²) < 4.78 is 10.5. The molecule has 1 amide bonds. The third kappa shape index (κ3) is 4.88. The second kappa shape index (κ2) is 8.04. The van der Waals surface area contributed by atoms with Crippen LogP contribution in [0.5, 0.6) is 0 Å². The minimum Gasteiger partial charge on any atom is -0.480 e. The van der Waals surface area contributed by atoms with E-state index in [1.54, 1.807) is 11.8 Å². The molecule has 1 saturated heterocycles. The maximum absolute atomic E-state index is 12.6. The van der Waals surface area contributed by atoms with E-state index in [9.17, 15) is 9.59 Å². The molecule has 24 heavy (non-hydrogen) atoms. The molecule has 2 heterocycles. The van der Waals surface area contributed by atoms with Crippen LogP contribution in [0.15, 0.2) is 0 Å². The van der Waals surface area contributed by atoms with Crippen molar-refractivity contribution in [2.45, 2.75) is 13.0 Å². The van der Waals surface area contributed by atoms with Crippen molar-refractivity contribution in [3.63, 3.8) is 0 Å². The van der Waals surface area contributed by atoms with E-state index in [1.165, 1.54) is 0 Å². The van der Waals surface area contributed by atoms with E-state index in [0.717, 1.165) is 11.3 Å². The molecule has 2 rings (SSSR count). The third-order valence-corrected chi connectivity index (χ3v) is 4.25. The molecule has 1 aromatic rings. The van der Waals surface area contributed by atoms with Crippen LogP contribution in [0.1, 0.15) is 15.4 Å². The van der Waals surface area contributed by atoms with Gasteiger partial charge in [0.2, 0.25) is 0 Å². The van der Waals surface area contributed by atoms with Crippen molar-refractivity contribution in [1.82, 2.24) is 9.88 Å². The van der Waals surface area contributed by atoms with Crippen molar-refractivity contribution in [1.29, 1.82) is 5.41 Å². The topological polar surface area (TPSA) is 151 Å². The van der Waals surface area contributed by atoms with Crippen LogP contribution in [0.25, 0.3) is 0 Å². The number of aliphatic carboxylic acids is 1. The summed E-state index contributed by atoms with van der Waals surface area (Å²) in [6, 6.07) is 0. The Morgan fingerprint density at radius 2 is 2.38 bits per heavy atom.